The van der Waals surface area contributed by atoms with Crippen molar-refractivity contribution < 1.29 is 28.5 Å². The van der Waals surface area contributed by atoms with Gasteiger partial charge in [0.25, 0.3) is 0 Å². The van der Waals surface area contributed by atoms with Gasteiger partial charge < -0.3 is 18.9 Å². The first-order valence-electron chi connectivity index (χ1n) is 6.09. The predicted molar refractivity (Wildman–Crippen MR) is 64.3 cm³/mol. The Labute approximate surface area is 111 Å². The van der Waals surface area contributed by atoms with E-state index < -0.39 is 35.3 Å². The molecular weight excluding hydrogens is 252 g/mol. The first-order valence-corrected chi connectivity index (χ1v) is 6.09. The van der Waals surface area contributed by atoms with E-state index in [1.807, 2.05) is 0 Å². The summed E-state index contributed by atoms with van der Waals surface area (Å²) in [5.74, 6) is -1.92. The number of methoxy groups -OCH3 is 1. The second-order valence-electron chi connectivity index (χ2n) is 5.08. The lowest BCUT2D eigenvalue weighted by molar-refractivity contribution is -0.166. The molecule has 0 N–H and O–H groups in total. The lowest BCUT2D eigenvalue weighted by Gasteiger charge is -2.21. The van der Waals surface area contributed by atoms with E-state index in [2.05, 4.69) is 6.58 Å². The summed E-state index contributed by atoms with van der Waals surface area (Å²) in [6.07, 6.45) is -0.0576. The normalized spacial score (nSPS) is 37.4. The molecule has 2 heterocycles. The highest BCUT2D eigenvalue weighted by Gasteiger charge is 2.60. The largest absolute Gasteiger partial charge is 0.449 e. The number of hydrogen-bond acceptors (Lipinski definition) is 6. The number of ether oxygens (including phenoxy) is 4. The van der Waals surface area contributed by atoms with Crippen LogP contribution in [0.4, 0.5) is 0 Å². The topological polar surface area (TPSA) is 71.1 Å². The molecule has 2 aliphatic rings. The van der Waals surface area contributed by atoms with Crippen LogP contribution < -0.4 is 0 Å². The van der Waals surface area contributed by atoms with Crippen LogP contribution in [0.15, 0.2) is 12.7 Å². The lowest BCUT2D eigenvalue weighted by atomic mass is 9.92. The standard InChI is InChI=1S/C13H18O6/c1-5-6-13(16-4)10(14)9(18-11(13)15)8-7-17-12(2,3)19-8/h5,8-9H,1,6-7H2,2-4H3/t8-,9+,13+/m0/s1. The minimum atomic E-state index is -1.59. The van der Waals surface area contributed by atoms with E-state index in [1.165, 1.54) is 13.2 Å². The first kappa shape index (κ1) is 14.2. The van der Waals surface area contributed by atoms with Crippen LogP contribution in [0.1, 0.15) is 20.3 Å². The molecule has 0 saturated carbocycles. The van der Waals surface area contributed by atoms with Crippen molar-refractivity contribution in [2.24, 2.45) is 0 Å². The fourth-order valence-electron chi connectivity index (χ4n) is 2.36. The van der Waals surface area contributed by atoms with Gasteiger partial charge in [-0.15, -0.1) is 6.58 Å². The number of rotatable bonds is 4. The fourth-order valence-corrected chi connectivity index (χ4v) is 2.36. The van der Waals surface area contributed by atoms with Gasteiger partial charge in [0.15, 0.2) is 11.9 Å². The molecular formula is C13H18O6. The van der Waals surface area contributed by atoms with E-state index in [0.717, 1.165) is 0 Å². The Hall–Kier alpha value is -1.24. The lowest BCUT2D eigenvalue weighted by Crippen LogP contribution is -2.46. The van der Waals surface area contributed by atoms with Gasteiger partial charge in [-0.1, -0.05) is 6.08 Å². The monoisotopic (exact) mass is 270 g/mol. The highest BCUT2D eigenvalue weighted by atomic mass is 16.8. The molecule has 0 aromatic rings. The van der Waals surface area contributed by atoms with E-state index in [1.54, 1.807) is 13.8 Å². The molecule has 2 rings (SSSR count). The van der Waals surface area contributed by atoms with E-state index in [-0.39, 0.29) is 13.0 Å². The zero-order valence-electron chi connectivity index (χ0n) is 11.3. The molecule has 106 valence electrons. The van der Waals surface area contributed by atoms with Gasteiger partial charge in [-0.25, -0.2) is 4.79 Å². The van der Waals surface area contributed by atoms with Crippen LogP contribution in [0.5, 0.6) is 0 Å². The van der Waals surface area contributed by atoms with Gasteiger partial charge in [0.1, 0.15) is 6.10 Å². The summed E-state index contributed by atoms with van der Waals surface area (Å²) in [5, 5.41) is 0. The van der Waals surface area contributed by atoms with Crippen LogP contribution in [0.3, 0.4) is 0 Å². The summed E-state index contributed by atoms with van der Waals surface area (Å²) in [4.78, 5) is 24.3. The number of carbonyl (C=O) groups is 2. The van der Waals surface area contributed by atoms with E-state index in [0.29, 0.717) is 0 Å². The predicted octanol–water partition coefficient (Wildman–Crippen LogP) is 0.594. The van der Waals surface area contributed by atoms with Gasteiger partial charge in [-0.2, -0.15) is 0 Å². The fraction of sp³-hybridized carbons (Fsp3) is 0.692. The second kappa shape index (κ2) is 4.70. The molecule has 2 aliphatic heterocycles. The summed E-state index contributed by atoms with van der Waals surface area (Å²) in [6, 6.07) is 0. The molecule has 0 amide bonds. The van der Waals surface area contributed by atoms with Gasteiger partial charge in [-0.3, -0.25) is 4.79 Å². The number of esters is 1. The average molecular weight is 270 g/mol. The molecule has 6 heteroatoms. The second-order valence-corrected chi connectivity index (χ2v) is 5.08. The van der Waals surface area contributed by atoms with Crippen molar-refractivity contribution in [3.8, 4) is 0 Å². The summed E-state index contributed by atoms with van der Waals surface area (Å²) >= 11 is 0. The van der Waals surface area contributed by atoms with Gasteiger partial charge in [0, 0.05) is 13.5 Å². The highest BCUT2D eigenvalue weighted by Crippen LogP contribution is 2.35. The van der Waals surface area contributed by atoms with Crippen molar-refractivity contribution in [1.29, 1.82) is 0 Å². The molecule has 3 atom stereocenters. The molecule has 2 saturated heterocycles. The van der Waals surface area contributed by atoms with Gasteiger partial charge in [0.2, 0.25) is 11.4 Å². The number of hydrogen-bond donors (Lipinski definition) is 0. The van der Waals surface area contributed by atoms with E-state index >= 15 is 0 Å². The Morgan fingerprint density at radius 3 is 2.63 bits per heavy atom. The van der Waals surface area contributed by atoms with Crippen LogP contribution in [-0.2, 0) is 28.5 Å². The first-order chi connectivity index (χ1) is 8.86. The zero-order valence-corrected chi connectivity index (χ0v) is 11.3. The summed E-state index contributed by atoms with van der Waals surface area (Å²) in [5.41, 5.74) is -1.59. The molecule has 0 radical (unpaired) electrons. The third kappa shape index (κ3) is 2.20. The van der Waals surface area contributed by atoms with Crippen LogP contribution in [0.25, 0.3) is 0 Å². The number of carbonyl (C=O) groups excluding carboxylic acids is 2. The minimum absolute atomic E-state index is 0.0780. The number of ketones is 1. The molecule has 0 spiro atoms. The van der Waals surface area contributed by atoms with Crippen molar-refractivity contribution in [3.05, 3.63) is 12.7 Å². The molecule has 2 fully saturated rings. The van der Waals surface area contributed by atoms with Gasteiger partial charge in [-0.05, 0) is 13.8 Å². The molecule has 0 aromatic carbocycles. The molecule has 0 bridgehead atoms. The smallest absolute Gasteiger partial charge is 0.347 e. The summed E-state index contributed by atoms with van der Waals surface area (Å²) in [7, 11) is 1.31. The molecule has 0 unspecified atom stereocenters. The Morgan fingerprint density at radius 1 is 1.47 bits per heavy atom. The third-order valence-corrected chi connectivity index (χ3v) is 3.37. The van der Waals surface area contributed by atoms with Crippen LogP contribution >= 0.6 is 0 Å². The van der Waals surface area contributed by atoms with E-state index in [4.69, 9.17) is 18.9 Å². The van der Waals surface area contributed by atoms with Gasteiger partial charge >= 0.3 is 5.97 Å². The van der Waals surface area contributed by atoms with Crippen LogP contribution in [0.2, 0.25) is 0 Å². The maximum Gasteiger partial charge on any atom is 0.347 e. The summed E-state index contributed by atoms with van der Waals surface area (Å²) < 4.78 is 21.2. The zero-order chi connectivity index (χ0) is 14.3. The Kier molecular flexibility index (Phi) is 3.51. The maximum absolute atomic E-state index is 12.4. The quantitative estimate of drug-likeness (QED) is 0.423. The Morgan fingerprint density at radius 2 is 2.16 bits per heavy atom. The number of cyclic esters (lactones) is 1. The van der Waals surface area contributed by atoms with Crippen molar-refractivity contribution in [2.45, 2.75) is 43.9 Å². The highest BCUT2D eigenvalue weighted by molar-refractivity contribution is 6.14. The van der Waals surface area contributed by atoms with Gasteiger partial charge in [0.05, 0.1) is 6.61 Å². The Balaban J connectivity index is 2.21. The van der Waals surface area contributed by atoms with Crippen molar-refractivity contribution in [3.63, 3.8) is 0 Å². The molecule has 0 aliphatic carbocycles. The SMILES string of the molecule is C=CC[C@]1(OC)C(=O)O[C@H]([C@@H]2COC(C)(C)O2)C1=O. The average Bonchev–Trinajstić information content (AvgIpc) is 2.82. The maximum atomic E-state index is 12.4. The third-order valence-electron chi connectivity index (χ3n) is 3.37. The van der Waals surface area contributed by atoms with Crippen molar-refractivity contribution in [2.75, 3.05) is 13.7 Å². The van der Waals surface area contributed by atoms with Crippen molar-refractivity contribution in [1.82, 2.24) is 0 Å². The summed E-state index contributed by atoms with van der Waals surface area (Å²) in [6.45, 7) is 7.21. The minimum Gasteiger partial charge on any atom is -0.449 e. The molecule has 19 heavy (non-hydrogen) atoms. The van der Waals surface area contributed by atoms with Crippen LogP contribution in [-0.4, -0.2) is 49.1 Å². The molecule has 6 nitrogen and oxygen atoms in total. The number of Topliss-reactive ketones (excluding diaryl/α,β-unsaturated/α-hetero) is 1. The Bertz CT molecular complexity index is 415. The molecule has 0 aromatic heterocycles. The van der Waals surface area contributed by atoms with Crippen LogP contribution in [0, 0.1) is 0 Å². The van der Waals surface area contributed by atoms with Crippen molar-refractivity contribution >= 4 is 11.8 Å². The van der Waals surface area contributed by atoms with E-state index in [9.17, 15) is 9.59 Å².